The molecule has 1 unspecified atom stereocenters. The van der Waals surface area contributed by atoms with Crippen LogP contribution in [-0.4, -0.2) is 46.8 Å². The number of benzene rings is 1. The first-order valence-electron chi connectivity index (χ1n) is 8.95. The van der Waals surface area contributed by atoms with Gasteiger partial charge in [0, 0.05) is 11.9 Å². The van der Waals surface area contributed by atoms with E-state index >= 15 is 0 Å². The molecule has 0 bridgehead atoms. The van der Waals surface area contributed by atoms with Crippen molar-refractivity contribution >= 4 is 34.4 Å². The molecule has 4 rings (SSSR count). The minimum atomic E-state index is -0.323. The third-order valence-corrected chi connectivity index (χ3v) is 4.60. The number of cyclic esters (lactones) is 1. The van der Waals surface area contributed by atoms with Gasteiger partial charge in [-0.2, -0.15) is 0 Å². The molecule has 0 aliphatic carbocycles. The summed E-state index contributed by atoms with van der Waals surface area (Å²) in [5.74, 6) is 1.91. The molecule has 3 heterocycles. The summed E-state index contributed by atoms with van der Waals surface area (Å²) in [5, 5.41) is 4.09. The van der Waals surface area contributed by atoms with Crippen molar-refractivity contribution in [1.82, 2.24) is 14.9 Å². The van der Waals surface area contributed by atoms with Gasteiger partial charge in [-0.15, -0.1) is 0 Å². The molecule has 1 saturated heterocycles. The van der Waals surface area contributed by atoms with Gasteiger partial charge >= 0.3 is 6.09 Å². The highest BCUT2D eigenvalue weighted by atomic mass is 35.5. The van der Waals surface area contributed by atoms with Crippen molar-refractivity contribution in [2.24, 2.45) is 0 Å². The average Bonchev–Trinajstić information content (AvgIpc) is 3.33. The van der Waals surface area contributed by atoms with E-state index < -0.39 is 0 Å². The molecule has 1 aromatic carbocycles. The van der Waals surface area contributed by atoms with E-state index in [-0.39, 0.29) is 24.1 Å². The summed E-state index contributed by atoms with van der Waals surface area (Å²) in [6, 6.07) is 9.23. The molecule has 146 valence electrons. The molecular weight excluding hydrogens is 384 g/mol. The van der Waals surface area contributed by atoms with Gasteiger partial charge in [0.2, 0.25) is 5.28 Å². The zero-order chi connectivity index (χ0) is 19.5. The standard InChI is InChI=1S/C19H19ClN4O4/c1-2-24-10-13(28-19(24)25)11-27-15-7-3-6-14-16(15)22-18(20)23-17(14)21-9-12-5-4-8-26-12/h3-8,13H,2,9-11H2,1H3,(H,21,22,23). The highest BCUT2D eigenvalue weighted by Gasteiger charge is 2.30. The fraction of sp³-hybridized carbons (Fsp3) is 0.316. The number of anilines is 1. The second kappa shape index (κ2) is 7.93. The van der Waals surface area contributed by atoms with Crippen LogP contribution in [0.2, 0.25) is 5.28 Å². The number of furan rings is 1. The van der Waals surface area contributed by atoms with Gasteiger partial charge in [0.25, 0.3) is 0 Å². The number of carbonyl (C=O) groups is 1. The van der Waals surface area contributed by atoms with Crippen LogP contribution < -0.4 is 10.1 Å². The Bertz CT molecular complexity index is 979. The number of aromatic nitrogens is 2. The molecule has 3 aromatic rings. The summed E-state index contributed by atoms with van der Waals surface area (Å²) >= 11 is 6.12. The van der Waals surface area contributed by atoms with Gasteiger partial charge in [0.05, 0.1) is 19.4 Å². The van der Waals surface area contributed by atoms with Crippen LogP contribution in [0, 0.1) is 0 Å². The van der Waals surface area contributed by atoms with Crippen molar-refractivity contribution in [2.45, 2.75) is 19.6 Å². The zero-order valence-corrected chi connectivity index (χ0v) is 16.0. The predicted molar refractivity (Wildman–Crippen MR) is 104 cm³/mol. The van der Waals surface area contributed by atoms with Crippen LogP contribution in [0.1, 0.15) is 12.7 Å². The van der Waals surface area contributed by atoms with Crippen LogP contribution in [0.5, 0.6) is 5.75 Å². The smallest absolute Gasteiger partial charge is 0.410 e. The molecule has 0 radical (unpaired) electrons. The molecule has 1 aliphatic heterocycles. The number of hydrogen-bond donors (Lipinski definition) is 1. The molecule has 1 atom stereocenters. The van der Waals surface area contributed by atoms with E-state index in [2.05, 4.69) is 15.3 Å². The van der Waals surface area contributed by atoms with Crippen LogP contribution in [0.15, 0.2) is 41.0 Å². The average molecular weight is 403 g/mol. The Morgan fingerprint density at radius 2 is 2.21 bits per heavy atom. The molecular formula is C19H19ClN4O4. The van der Waals surface area contributed by atoms with Crippen LogP contribution in [0.25, 0.3) is 10.9 Å². The molecule has 2 aromatic heterocycles. The van der Waals surface area contributed by atoms with Crippen molar-refractivity contribution in [3.8, 4) is 5.75 Å². The molecule has 1 fully saturated rings. The van der Waals surface area contributed by atoms with E-state index in [1.165, 1.54) is 0 Å². The quantitative estimate of drug-likeness (QED) is 0.602. The first-order valence-corrected chi connectivity index (χ1v) is 9.32. The minimum Gasteiger partial charge on any atom is -0.487 e. The third-order valence-electron chi connectivity index (χ3n) is 4.43. The second-order valence-corrected chi connectivity index (χ2v) is 6.62. The summed E-state index contributed by atoms with van der Waals surface area (Å²) in [6.07, 6.45) is 0.976. The molecule has 1 aliphatic rings. The highest BCUT2D eigenvalue weighted by Crippen LogP contribution is 2.30. The van der Waals surface area contributed by atoms with Crippen LogP contribution in [-0.2, 0) is 11.3 Å². The number of hydrogen-bond acceptors (Lipinski definition) is 7. The lowest BCUT2D eigenvalue weighted by Gasteiger charge is -2.14. The number of amides is 1. The fourth-order valence-corrected chi connectivity index (χ4v) is 3.21. The van der Waals surface area contributed by atoms with E-state index in [0.717, 1.165) is 11.1 Å². The first-order chi connectivity index (χ1) is 13.6. The van der Waals surface area contributed by atoms with Crippen LogP contribution in [0.4, 0.5) is 10.6 Å². The number of para-hydroxylation sites is 1. The Labute approximate surface area is 166 Å². The molecule has 28 heavy (non-hydrogen) atoms. The maximum Gasteiger partial charge on any atom is 0.410 e. The number of nitrogens with zero attached hydrogens (tertiary/aromatic N) is 3. The molecule has 8 nitrogen and oxygen atoms in total. The lowest BCUT2D eigenvalue weighted by atomic mass is 10.2. The number of ether oxygens (including phenoxy) is 2. The molecule has 1 amide bonds. The van der Waals surface area contributed by atoms with Gasteiger partial charge in [-0.1, -0.05) is 6.07 Å². The predicted octanol–water partition coefficient (Wildman–Crippen LogP) is 3.71. The Morgan fingerprint density at radius 3 is 2.96 bits per heavy atom. The second-order valence-electron chi connectivity index (χ2n) is 6.28. The van der Waals surface area contributed by atoms with E-state index in [0.29, 0.717) is 36.7 Å². The van der Waals surface area contributed by atoms with Crippen molar-refractivity contribution in [1.29, 1.82) is 0 Å². The van der Waals surface area contributed by atoms with Gasteiger partial charge < -0.3 is 24.1 Å². The number of nitrogens with one attached hydrogen (secondary N) is 1. The summed E-state index contributed by atoms with van der Waals surface area (Å²) in [6.45, 7) is 3.72. The number of rotatable bonds is 7. The normalized spacial score (nSPS) is 16.4. The fourth-order valence-electron chi connectivity index (χ4n) is 3.04. The lowest BCUT2D eigenvalue weighted by Crippen LogP contribution is -2.26. The lowest BCUT2D eigenvalue weighted by molar-refractivity contribution is 0.103. The summed E-state index contributed by atoms with van der Waals surface area (Å²) in [5.41, 5.74) is 0.584. The van der Waals surface area contributed by atoms with Crippen LogP contribution in [0.3, 0.4) is 0 Å². The van der Waals surface area contributed by atoms with E-state index in [4.69, 9.17) is 25.5 Å². The van der Waals surface area contributed by atoms with E-state index in [1.807, 2.05) is 31.2 Å². The molecule has 0 saturated carbocycles. The van der Waals surface area contributed by atoms with Crippen molar-refractivity contribution in [3.05, 3.63) is 47.6 Å². The SMILES string of the molecule is CCN1CC(COc2cccc3c(NCc4ccco4)nc(Cl)nc23)OC1=O. The van der Waals surface area contributed by atoms with Crippen molar-refractivity contribution in [2.75, 3.05) is 25.0 Å². The Kier molecular flexibility index (Phi) is 5.21. The van der Waals surface area contributed by atoms with Gasteiger partial charge in [-0.3, -0.25) is 0 Å². The van der Waals surface area contributed by atoms with Gasteiger partial charge in [0.1, 0.15) is 29.5 Å². The maximum absolute atomic E-state index is 11.7. The van der Waals surface area contributed by atoms with Gasteiger partial charge in [-0.05, 0) is 42.8 Å². The summed E-state index contributed by atoms with van der Waals surface area (Å²) in [7, 11) is 0. The number of likely N-dealkylation sites (N-methyl/N-ethyl adjacent to an activating group) is 1. The Morgan fingerprint density at radius 1 is 1.32 bits per heavy atom. The summed E-state index contributed by atoms with van der Waals surface area (Å²) < 4.78 is 16.5. The zero-order valence-electron chi connectivity index (χ0n) is 15.2. The number of carbonyl (C=O) groups excluding carboxylic acids is 1. The third kappa shape index (κ3) is 3.82. The van der Waals surface area contributed by atoms with E-state index in [1.54, 1.807) is 17.2 Å². The molecule has 0 spiro atoms. The number of fused-ring (bicyclic) bond motifs is 1. The maximum atomic E-state index is 11.7. The van der Waals surface area contributed by atoms with Gasteiger partial charge in [0.15, 0.2) is 6.10 Å². The topological polar surface area (TPSA) is 89.7 Å². The minimum absolute atomic E-state index is 0.106. The van der Waals surface area contributed by atoms with Crippen molar-refractivity contribution < 1.29 is 18.7 Å². The highest BCUT2D eigenvalue weighted by molar-refractivity contribution is 6.29. The molecule has 1 N–H and O–H groups in total. The largest absolute Gasteiger partial charge is 0.487 e. The Balaban J connectivity index is 1.53. The first kappa shape index (κ1) is 18.4. The van der Waals surface area contributed by atoms with Crippen molar-refractivity contribution in [3.63, 3.8) is 0 Å². The summed E-state index contributed by atoms with van der Waals surface area (Å²) in [4.78, 5) is 21.9. The monoisotopic (exact) mass is 402 g/mol. The van der Waals surface area contributed by atoms with Gasteiger partial charge in [-0.25, -0.2) is 14.8 Å². The Hall–Kier alpha value is -3.00. The number of halogens is 1. The molecule has 9 heteroatoms. The van der Waals surface area contributed by atoms with E-state index in [9.17, 15) is 4.79 Å². The van der Waals surface area contributed by atoms with Crippen LogP contribution >= 0.6 is 11.6 Å².